The van der Waals surface area contributed by atoms with Crippen molar-refractivity contribution in [3.05, 3.63) is 60.2 Å². The maximum Gasteiger partial charge on any atom is 0.321 e. The number of rotatable bonds is 5. The second-order valence-electron chi connectivity index (χ2n) is 6.74. The molecule has 0 saturated carbocycles. The topological polar surface area (TPSA) is 81.8 Å². The highest BCUT2D eigenvalue weighted by molar-refractivity contribution is 5.95. The Morgan fingerprint density at radius 3 is 2.04 bits per heavy atom. The van der Waals surface area contributed by atoms with Gasteiger partial charge in [-0.25, -0.2) is 4.79 Å². The Balaban J connectivity index is 1.43. The minimum absolute atomic E-state index is 0.00898. The fraction of sp³-hybridized carbons (Fsp3) is 0.286. The summed E-state index contributed by atoms with van der Waals surface area (Å²) in [5, 5.41) is 5.71. The molecule has 0 aliphatic carbocycles. The number of urea groups is 1. The lowest BCUT2D eigenvalue weighted by molar-refractivity contribution is -0.117. The van der Waals surface area contributed by atoms with E-state index in [-0.39, 0.29) is 17.7 Å². The van der Waals surface area contributed by atoms with Crippen molar-refractivity contribution in [3.8, 4) is 0 Å². The second kappa shape index (κ2) is 9.14. The van der Waals surface area contributed by atoms with E-state index in [0.29, 0.717) is 44.0 Å². The molecule has 146 valence electrons. The summed E-state index contributed by atoms with van der Waals surface area (Å²) in [6, 6.07) is 16.0. The minimum atomic E-state index is -0.177. The molecule has 3 rings (SSSR count). The summed E-state index contributed by atoms with van der Waals surface area (Å²) in [7, 11) is 0. The number of Topliss-reactive ketones (excluding diaryl/α,β-unsaturated/α-hetero) is 1. The number of nitrogens with one attached hydrogen (secondary N) is 2. The second-order valence-corrected chi connectivity index (χ2v) is 6.74. The molecule has 1 saturated heterocycles. The molecule has 0 aromatic heterocycles. The van der Waals surface area contributed by atoms with Gasteiger partial charge in [-0.1, -0.05) is 18.2 Å². The Morgan fingerprint density at radius 1 is 0.821 bits per heavy atom. The number of anilines is 2. The van der Waals surface area contributed by atoms with Crippen molar-refractivity contribution >= 4 is 29.1 Å². The summed E-state index contributed by atoms with van der Waals surface area (Å²) in [6.45, 7) is 4.19. The molecule has 0 radical (unpaired) electrons. The molecule has 2 aromatic rings. The molecule has 0 spiro atoms. The summed E-state index contributed by atoms with van der Waals surface area (Å²) >= 11 is 0. The maximum atomic E-state index is 12.4. The zero-order valence-corrected chi connectivity index (χ0v) is 15.9. The third-order valence-corrected chi connectivity index (χ3v) is 4.63. The maximum absolute atomic E-state index is 12.4. The van der Waals surface area contributed by atoms with E-state index < -0.39 is 0 Å². The van der Waals surface area contributed by atoms with Gasteiger partial charge in [-0.2, -0.15) is 0 Å². The predicted molar refractivity (Wildman–Crippen MR) is 109 cm³/mol. The molecular formula is C21H24N4O3. The van der Waals surface area contributed by atoms with Crippen molar-refractivity contribution in [1.82, 2.24) is 9.80 Å². The smallest absolute Gasteiger partial charge is 0.321 e. The number of carbonyl (C=O) groups excluding carboxylic acids is 3. The fourth-order valence-electron chi connectivity index (χ4n) is 3.02. The third kappa shape index (κ3) is 5.40. The Kier molecular flexibility index (Phi) is 6.39. The van der Waals surface area contributed by atoms with Crippen LogP contribution in [0.4, 0.5) is 16.2 Å². The van der Waals surface area contributed by atoms with Crippen LogP contribution in [0.2, 0.25) is 0 Å². The van der Waals surface area contributed by atoms with E-state index in [4.69, 9.17) is 0 Å². The van der Waals surface area contributed by atoms with Crippen LogP contribution in [0.3, 0.4) is 0 Å². The van der Waals surface area contributed by atoms with Crippen molar-refractivity contribution in [2.75, 3.05) is 43.4 Å². The van der Waals surface area contributed by atoms with Crippen LogP contribution in [0.5, 0.6) is 0 Å². The number of amides is 3. The number of benzene rings is 2. The number of ketones is 1. The number of hydrogen-bond donors (Lipinski definition) is 2. The lowest BCUT2D eigenvalue weighted by Gasteiger charge is -2.34. The highest BCUT2D eigenvalue weighted by Gasteiger charge is 2.22. The molecule has 28 heavy (non-hydrogen) atoms. The third-order valence-electron chi connectivity index (χ3n) is 4.63. The van der Waals surface area contributed by atoms with Crippen LogP contribution in [0.25, 0.3) is 0 Å². The molecule has 0 atom stereocenters. The molecule has 2 aromatic carbocycles. The first-order valence-electron chi connectivity index (χ1n) is 9.25. The predicted octanol–water partition coefficient (Wildman–Crippen LogP) is 2.68. The van der Waals surface area contributed by atoms with Crippen LogP contribution in [0.1, 0.15) is 17.3 Å². The average Bonchev–Trinajstić information content (AvgIpc) is 2.69. The number of hydrogen-bond acceptors (Lipinski definition) is 4. The summed E-state index contributed by atoms with van der Waals surface area (Å²) < 4.78 is 0. The average molecular weight is 380 g/mol. The highest BCUT2D eigenvalue weighted by Crippen LogP contribution is 2.12. The number of para-hydroxylation sites is 1. The molecule has 1 aliphatic heterocycles. The first-order chi connectivity index (χ1) is 13.5. The van der Waals surface area contributed by atoms with Gasteiger partial charge in [0, 0.05) is 43.1 Å². The summed E-state index contributed by atoms with van der Waals surface area (Å²) in [6.07, 6.45) is 0. The Labute approximate surface area is 164 Å². The standard InChI is InChI=1S/C21H24N4O3/c1-16(26)17-7-9-19(10-8-17)23-21(28)25-13-11-24(12-14-25)15-20(27)22-18-5-3-2-4-6-18/h2-10H,11-15H2,1H3,(H,22,27)(H,23,28). The van der Waals surface area contributed by atoms with Crippen LogP contribution >= 0.6 is 0 Å². The highest BCUT2D eigenvalue weighted by atomic mass is 16.2. The summed E-state index contributed by atoms with van der Waals surface area (Å²) in [5.74, 6) is -0.0695. The van der Waals surface area contributed by atoms with Crippen molar-refractivity contribution in [2.45, 2.75) is 6.92 Å². The number of nitrogens with zero attached hydrogens (tertiary/aromatic N) is 2. The molecule has 2 N–H and O–H groups in total. The van der Waals surface area contributed by atoms with Gasteiger partial charge in [-0.15, -0.1) is 0 Å². The van der Waals surface area contributed by atoms with Gasteiger partial charge < -0.3 is 15.5 Å². The van der Waals surface area contributed by atoms with Crippen LogP contribution in [0.15, 0.2) is 54.6 Å². The molecule has 3 amide bonds. The quantitative estimate of drug-likeness (QED) is 0.782. The van der Waals surface area contributed by atoms with Gasteiger partial charge in [-0.05, 0) is 43.3 Å². The van der Waals surface area contributed by atoms with Crippen molar-refractivity contribution in [2.24, 2.45) is 0 Å². The van der Waals surface area contributed by atoms with Gasteiger partial charge >= 0.3 is 6.03 Å². The molecule has 1 heterocycles. The van der Waals surface area contributed by atoms with Gasteiger partial charge in [0.1, 0.15) is 0 Å². The lowest BCUT2D eigenvalue weighted by atomic mass is 10.1. The van der Waals surface area contributed by atoms with E-state index >= 15 is 0 Å². The Hall–Kier alpha value is -3.19. The molecule has 7 heteroatoms. The first-order valence-corrected chi connectivity index (χ1v) is 9.25. The summed E-state index contributed by atoms with van der Waals surface area (Å²) in [5.41, 5.74) is 2.04. The minimum Gasteiger partial charge on any atom is -0.325 e. The SMILES string of the molecule is CC(=O)c1ccc(NC(=O)N2CCN(CC(=O)Nc3ccccc3)CC2)cc1. The van der Waals surface area contributed by atoms with Crippen molar-refractivity contribution < 1.29 is 14.4 Å². The van der Waals surface area contributed by atoms with E-state index in [0.717, 1.165) is 5.69 Å². The van der Waals surface area contributed by atoms with E-state index in [1.165, 1.54) is 6.92 Å². The van der Waals surface area contributed by atoms with Crippen LogP contribution in [-0.4, -0.2) is 60.2 Å². The van der Waals surface area contributed by atoms with E-state index in [1.807, 2.05) is 35.2 Å². The van der Waals surface area contributed by atoms with Gasteiger partial charge in [0.25, 0.3) is 0 Å². The molecule has 1 fully saturated rings. The first kappa shape index (κ1) is 19.6. The zero-order valence-electron chi connectivity index (χ0n) is 15.9. The molecule has 0 unspecified atom stereocenters. The van der Waals surface area contributed by atoms with E-state index in [2.05, 4.69) is 10.6 Å². The fourth-order valence-corrected chi connectivity index (χ4v) is 3.02. The van der Waals surface area contributed by atoms with Crippen LogP contribution < -0.4 is 10.6 Å². The monoisotopic (exact) mass is 380 g/mol. The zero-order chi connectivity index (χ0) is 19.9. The summed E-state index contributed by atoms with van der Waals surface area (Å²) in [4.78, 5) is 39.6. The Morgan fingerprint density at radius 2 is 1.43 bits per heavy atom. The van der Waals surface area contributed by atoms with Gasteiger partial charge in [0.2, 0.25) is 5.91 Å². The van der Waals surface area contributed by atoms with E-state index in [9.17, 15) is 14.4 Å². The molecular weight excluding hydrogens is 356 g/mol. The van der Waals surface area contributed by atoms with Gasteiger partial charge in [-0.3, -0.25) is 14.5 Å². The molecule has 0 bridgehead atoms. The number of piperazine rings is 1. The van der Waals surface area contributed by atoms with Crippen LogP contribution in [0, 0.1) is 0 Å². The van der Waals surface area contributed by atoms with Gasteiger partial charge in [0.15, 0.2) is 5.78 Å². The normalized spacial score (nSPS) is 14.4. The van der Waals surface area contributed by atoms with Crippen molar-refractivity contribution in [3.63, 3.8) is 0 Å². The van der Waals surface area contributed by atoms with Crippen molar-refractivity contribution in [1.29, 1.82) is 0 Å². The Bertz CT molecular complexity index is 828. The number of carbonyl (C=O) groups is 3. The lowest BCUT2D eigenvalue weighted by Crippen LogP contribution is -2.51. The molecule has 7 nitrogen and oxygen atoms in total. The van der Waals surface area contributed by atoms with Gasteiger partial charge in [0.05, 0.1) is 6.54 Å². The van der Waals surface area contributed by atoms with E-state index in [1.54, 1.807) is 29.2 Å². The largest absolute Gasteiger partial charge is 0.325 e. The van der Waals surface area contributed by atoms with Crippen LogP contribution in [-0.2, 0) is 4.79 Å². The molecule has 1 aliphatic rings.